The summed E-state index contributed by atoms with van der Waals surface area (Å²) >= 11 is 0. The highest BCUT2D eigenvalue weighted by Gasteiger charge is 2.39. The molecule has 4 rings (SSSR count). The molecule has 0 fully saturated rings. The number of halogens is 3. The van der Waals surface area contributed by atoms with Crippen molar-refractivity contribution in [3.8, 4) is 28.2 Å². The fraction of sp³-hybridized carbons (Fsp3) is 0.0870. The van der Waals surface area contributed by atoms with Gasteiger partial charge in [0.1, 0.15) is 0 Å². The van der Waals surface area contributed by atoms with Crippen molar-refractivity contribution in [2.75, 3.05) is 5.73 Å². The Morgan fingerprint density at radius 2 is 1.74 bits per heavy atom. The molecular weight excluding hydrogens is 405 g/mol. The van der Waals surface area contributed by atoms with Crippen LogP contribution in [-0.2, 0) is 6.18 Å². The monoisotopic (exact) mass is 422 g/mol. The van der Waals surface area contributed by atoms with Gasteiger partial charge in [0.05, 0.1) is 17.5 Å². The topological polar surface area (TPSA) is 73.8 Å². The molecule has 2 aromatic carbocycles. The molecule has 0 saturated heterocycles. The Balaban J connectivity index is 1.88. The molecule has 0 spiro atoms. The zero-order chi connectivity index (χ0) is 22.2. The average molecular weight is 422 g/mol. The van der Waals surface area contributed by atoms with Gasteiger partial charge in [-0.25, -0.2) is 9.67 Å². The van der Waals surface area contributed by atoms with E-state index in [2.05, 4.69) is 10.1 Å². The van der Waals surface area contributed by atoms with Crippen LogP contribution in [0, 0.1) is 6.92 Å². The molecule has 0 saturated carbocycles. The lowest BCUT2D eigenvalue weighted by Gasteiger charge is -2.14. The van der Waals surface area contributed by atoms with Crippen LogP contribution in [0.1, 0.15) is 21.6 Å². The molecular formula is C23H17F3N4O. The second kappa shape index (κ2) is 7.71. The van der Waals surface area contributed by atoms with Crippen LogP contribution in [0.25, 0.3) is 28.2 Å². The highest BCUT2D eigenvalue weighted by Crippen LogP contribution is 2.35. The van der Waals surface area contributed by atoms with Crippen LogP contribution >= 0.6 is 0 Å². The van der Waals surface area contributed by atoms with Gasteiger partial charge >= 0.3 is 6.18 Å². The lowest BCUT2D eigenvalue weighted by molar-refractivity contribution is -0.143. The van der Waals surface area contributed by atoms with Crippen LogP contribution in [-0.4, -0.2) is 21.1 Å². The van der Waals surface area contributed by atoms with E-state index in [0.29, 0.717) is 16.1 Å². The molecule has 0 aliphatic heterocycles. The maximum absolute atomic E-state index is 13.6. The Morgan fingerprint density at radius 3 is 2.42 bits per heavy atom. The van der Waals surface area contributed by atoms with Crippen molar-refractivity contribution in [3.05, 3.63) is 83.7 Å². The van der Waals surface area contributed by atoms with Crippen molar-refractivity contribution in [1.82, 2.24) is 14.8 Å². The van der Waals surface area contributed by atoms with E-state index in [9.17, 15) is 18.0 Å². The van der Waals surface area contributed by atoms with Gasteiger partial charge in [-0.2, -0.15) is 18.3 Å². The standard InChI is InChI=1S/C23H17F3N4O/c1-14-5-10-18(15-6-8-17(27)9-7-15)19(11-14)20-3-2-4-21(29-20)30-22(23(24,25)26)16(13-31)12-28-30/h2-13H,27H2,1H3. The van der Waals surface area contributed by atoms with Crippen molar-refractivity contribution >= 4 is 12.0 Å². The maximum atomic E-state index is 13.6. The summed E-state index contributed by atoms with van der Waals surface area (Å²) in [5.41, 5.74) is 8.67. The molecule has 0 amide bonds. The number of rotatable bonds is 4. The van der Waals surface area contributed by atoms with E-state index >= 15 is 0 Å². The van der Waals surface area contributed by atoms with Crippen molar-refractivity contribution in [1.29, 1.82) is 0 Å². The van der Waals surface area contributed by atoms with E-state index in [1.807, 2.05) is 37.3 Å². The minimum atomic E-state index is -4.76. The molecule has 0 radical (unpaired) electrons. The van der Waals surface area contributed by atoms with Gasteiger partial charge in [-0.1, -0.05) is 35.9 Å². The van der Waals surface area contributed by atoms with Crippen LogP contribution in [0.3, 0.4) is 0 Å². The number of alkyl halides is 3. The SMILES string of the molecule is Cc1ccc(-c2ccc(N)cc2)c(-c2cccc(-n3ncc(C=O)c3C(F)(F)F)n2)c1. The summed E-state index contributed by atoms with van der Waals surface area (Å²) in [4.78, 5) is 15.5. The third-order valence-electron chi connectivity index (χ3n) is 4.82. The van der Waals surface area contributed by atoms with Crippen LogP contribution < -0.4 is 5.73 Å². The predicted molar refractivity (Wildman–Crippen MR) is 112 cm³/mol. The van der Waals surface area contributed by atoms with Crippen LogP contribution in [0.5, 0.6) is 0 Å². The third kappa shape index (κ3) is 3.92. The minimum absolute atomic E-state index is 0.0392. The van der Waals surface area contributed by atoms with E-state index in [1.165, 1.54) is 6.07 Å². The fourth-order valence-corrected chi connectivity index (χ4v) is 3.38. The Bertz CT molecular complexity index is 1260. The van der Waals surface area contributed by atoms with Gasteiger partial charge in [0.2, 0.25) is 0 Å². The zero-order valence-electron chi connectivity index (χ0n) is 16.4. The highest BCUT2D eigenvalue weighted by atomic mass is 19.4. The van der Waals surface area contributed by atoms with Gasteiger partial charge < -0.3 is 5.73 Å². The van der Waals surface area contributed by atoms with E-state index in [4.69, 9.17) is 5.73 Å². The lowest BCUT2D eigenvalue weighted by Crippen LogP contribution is -2.16. The molecule has 2 N–H and O–H groups in total. The molecule has 31 heavy (non-hydrogen) atoms. The summed E-state index contributed by atoms with van der Waals surface area (Å²) in [7, 11) is 0. The second-order valence-electron chi connectivity index (χ2n) is 7.03. The molecule has 0 aliphatic rings. The van der Waals surface area contributed by atoms with Crippen LogP contribution in [0.4, 0.5) is 18.9 Å². The van der Waals surface area contributed by atoms with Crippen molar-refractivity contribution in [3.63, 3.8) is 0 Å². The number of nitrogens with two attached hydrogens (primary N) is 1. The zero-order valence-corrected chi connectivity index (χ0v) is 16.4. The number of benzene rings is 2. The van der Waals surface area contributed by atoms with E-state index in [1.54, 1.807) is 24.3 Å². The number of aromatic nitrogens is 3. The lowest BCUT2D eigenvalue weighted by atomic mass is 9.95. The summed E-state index contributed by atoms with van der Waals surface area (Å²) in [6.45, 7) is 1.92. The minimum Gasteiger partial charge on any atom is -0.399 e. The number of aldehydes is 1. The number of aryl methyl sites for hydroxylation is 1. The number of nitrogen functional groups attached to an aromatic ring is 1. The molecule has 4 aromatic rings. The van der Waals surface area contributed by atoms with E-state index < -0.39 is 17.4 Å². The number of pyridine rings is 1. The number of carbonyl (C=O) groups is 1. The van der Waals surface area contributed by atoms with E-state index in [0.717, 1.165) is 28.5 Å². The van der Waals surface area contributed by atoms with Gasteiger partial charge in [0.25, 0.3) is 0 Å². The van der Waals surface area contributed by atoms with Crippen LogP contribution in [0.15, 0.2) is 66.9 Å². The number of carbonyl (C=O) groups excluding carboxylic acids is 1. The first kappa shape index (κ1) is 20.3. The first-order chi connectivity index (χ1) is 14.8. The Labute approximate surface area is 176 Å². The van der Waals surface area contributed by atoms with Gasteiger partial charge in [0.15, 0.2) is 17.8 Å². The Hall–Kier alpha value is -3.94. The molecule has 0 bridgehead atoms. The Kier molecular flexibility index (Phi) is 5.06. The summed E-state index contributed by atoms with van der Waals surface area (Å²) < 4.78 is 41.3. The quantitative estimate of drug-likeness (QED) is 0.357. The molecule has 156 valence electrons. The van der Waals surface area contributed by atoms with Crippen molar-refractivity contribution in [2.24, 2.45) is 0 Å². The van der Waals surface area contributed by atoms with Crippen molar-refractivity contribution < 1.29 is 18.0 Å². The molecule has 2 heterocycles. The highest BCUT2D eigenvalue weighted by molar-refractivity contribution is 5.83. The third-order valence-corrected chi connectivity index (χ3v) is 4.82. The van der Waals surface area contributed by atoms with Gasteiger partial charge in [-0.05, 0) is 48.4 Å². The normalized spacial score (nSPS) is 11.5. The molecule has 2 aromatic heterocycles. The molecule has 0 aliphatic carbocycles. The number of hydrogen-bond acceptors (Lipinski definition) is 4. The summed E-state index contributed by atoms with van der Waals surface area (Å²) in [5.74, 6) is -0.0392. The van der Waals surface area contributed by atoms with Crippen molar-refractivity contribution in [2.45, 2.75) is 13.1 Å². The molecule has 0 atom stereocenters. The van der Waals surface area contributed by atoms with Gasteiger partial charge in [-0.15, -0.1) is 0 Å². The summed E-state index contributed by atoms with van der Waals surface area (Å²) in [5, 5.41) is 3.76. The van der Waals surface area contributed by atoms with E-state index in [-0.39, 0.29) is 12.1 Å². The van der Waals surface area contributed by atoms with Gasteiger partial charge in [-0.3, -0.25) is 4.79 Å². The first-order valence-electron chi connectivity index (χ1n) is 9.32. The molecule has 5 nitrogen and oxygen atoms in total. The maximum Gasteiger partial charge on any atom is 0.434 e. The number of nitrogens with zero attached hydrogens (tertiary/aromatic N) is 3. The average Bonchev–Trinajstić information content (AvgIpc) is 3.19. The van der Waals surface area contributed by atoms with Crippen LogP contribution in [0.2, 0.25) is 0 Å². The second-order valence-corrected chi connectivity index (χ2v) is 7.03. The largest absolute Gasteiger partial charge is 0.434 e. The predicted octanol–water partition coefficient (Wildman–Crippen LogP) is 5.32. The summed E-state index contributed by atoms with van der Waals surface area (Å²) in [6.07, 6.45) is -3.74. The fourth-order valence-electron chi connectivity index (χ4n) is 3.38. The number of anilines is 1. The molecule has 0 unspecified atom stereocenters. The smallest absolute Gasteiger partial charge is 0.399 e. The molecule has 8 heteroatoms. The first-order valence-corrected chi connectivity index (χ1v) is 9.32. The number of hydrogen-bond donors (Lipinski definition) is 1. The summed E-state index contributed by atoms with van der Waals surface area (Å²) in [6, 6.07) is 17.9. The Morgan fingerprint density at radius 1 is 1.00 bits per heavy atom. The van der Waals surface area contributed by atoms with Gasteiger partial charge in [0, 0.05) is 11.3 Å².